The average molecular weight is 397 g/mol. The lowest BCUT2D eigenvalue weighted by Gasteiger charge is -2.28. The number of amides is 1. The largest absolute Gasteiger partial charge is 0.507 e. The van der Waals surface area contributed by atoms with Gasteiger partial charge < -0.3 is 19.8 Å². The average Bonchev–Trinajstić information content (AvgIpc) is 2.72. The number of hydrogen-bond acceptors (Lipinski definition) is 5. The van der Waals surface area contributed by atoms with E-state index in [1.54, 1.807) is 29.2 Å². The minimum Gasteiger partial charge on any atom is -0.507 e. The Morgan fingerprint density at radius 3 is 2.48 bits per heavy atom. The highest BCUT2D eigenvalue weighted by molar-refractivity contribution is 5.96. The van der Waals surface area contributed by atoms with Crippen LogP contribution in [0.1, 0.15) is 51.1 Å². The predicted molar refractivity (Wildman–Crippen MR) is 105 cm³/mol. The van der Waals surface area contributed by atoms with Crippen LogP contribution < -0.4 is 4.74 Å². The summed E-state index contributed by atoms with van der Waals surface area (Å²) < 4.78 is 5.74. The van der Waals surface area contributed by atoms with Gasteiger partial charge in [-0.1, -0.05) is 18.2 Å². The Hall–Kier alpha value is -3.35. The summed E-state index contributed by atoms with van der Waals surface area (Å²) in [5.74, 6) is -1.20. The van der Waals surface area contributed by atoms with Crippen LogP contribution in [0.3, 0.4) is 0 Å². The molecule has 1 aliphatic rings. The van der Waals surface area contributed by atoms with Crippen molar-refractivity contribution >= 4 is 18.2 Å². The Labute approximate surface area is 168 Å². The number of carboxylic acids is 1. The molecule has 0 aromatic heterocycles. The summed E-state index contributed by atoms with van der Waals surface area (Å²) in [6.07, 6.45) is 3.22. The summed E-state index contributed by atoms with van der Waals surface area (Å²) in [5, 5.41) is 19.1. The number of carbonyl (C=O) groups is 3. The topological polar surface area (TPSA) is 104 Å². The molecule has 0 radical (unpaired) electrons. The normalized spacial score (nSPS) is 13.7. The van der Waals surface area contributed by atoms with E-state index in [1.165, 1.54) is 12.1 Å². The van der Waals surface area contributed by atoms with E-state index in [-0.39, 0.29) is 36.0 Å². The molecule has 1 amide bonds. The van der Waals surface area contributed by atoms with Gasteiger partial charge in [-0.25, -0.2) is 0 Å². The van der Waals surface area contributed by atoms with Gasteiger partial charge in [0.1, 0.15) is 18.1 Å². The lowest BCUT2D eigenvalue weighted by molar-refractivity contribution is -0.136. The van der Waals surface area contributed by atoms with Crippen LogP contribution in [0.2, 0.25) is 0 Å². The molecule has 2 aromatic rings. The SMILES string of the molecule is O=Cc1c(O)cccc1OCc1c(CC(=O)O)cccc1C(=O)N1CCCCC1. The third kappa shape index (κ3) is 4.74. The summed E-state index contributed by atoms with van der Waals surface area (Å²) in [6, 6.07) is 9.45. The van der Waals surface area contributed by atoms with Crippen LogP contribution in [-0.4, -0.2) is 46.4 Å². The van der Waals surface area contributed by atoms with Gasteiger partial charge in [-0.05, 0) is 43.0 Å². The number of hydrogen-bond donors (Lipinski definition) is 2. The van der Waals surface area contributed by atoms with Crippen molar-refractivity contribution in [1.82, 2.24) is 4.90 Å². The number of likely N-dealkylation sites (tertiary alicyclic amines) is 1. The number of ether oxygens (including phenoxy) is 1. The summed E-state index contributed by atoms with van der Waals surface area (Å²) in [4.78, 5) is 37.4. The highest BCUT2D eigenvalue weighted by Gasteiger charge is 2.23. The van der Waals surface area contributed by atoms with Crippen LogP contribution in [0.5, 0.6) is 11.5 Å². The van der Waals surface area contributed by atoms with E-state index < -0.39 is 5.97 Å². The first-order valence-corrected chi connectivity index (χ1v) is 9.53. The summed E-state index contributed by atoms with van der Waals surface area (Å²) in [5.41, 5.74) is 1.37. The lowest BCUT2D eigenvalue weighted by atomic mass is 9.97. The molecule has 1 aliphatic heterocycles. The van der Waals surface area contributed by atoms with Crippen molar-refractivity contribution in [2.24, 2.45) is 0 Å². The lowest BCUT2D eigenvalue weighted by Crippen LogP contribution is -2.36. The number of carbonyl (C=O) groups excluding carboxylic acids is 2. The van der Waals surface area contributed by atoms with Crippen molar-refractivity contribution in [3.63, 3.8) is 0 Å². The molecule has 1 fully saturated rings. The van der Waals surface area contributed by atoms with Crippen molar-refractivity contribution < 1.29 is 29.3 Å². The van der Waals surface area contributed by atoms with Crippen LogP contribution in [0.25, 0.3) is 0 Å². The van der Waals surface area contributed by atoms with Gasteiger partial charge in [0.2, 0.25) is 0 Å². The first-order valence-electron chi connectivity index (χ1n) is 9.53. The number of rotatable bonds is 7. The van der Waals surface area contributed by atoms with Crippen molar-refractivity contribution in [2.45, 2.75) is 32.3 Å². The number of aromatic hydroxyl groups is 1. The smallest absolute Gasteiger partial charge is 0.307 e. The number of benzene rings is 2. The molecule has 7 heteroatoms. The Morgan fingerprint density at radius 2 is 1.79 bits per heavy atom. The van der Waals surface area contributed by atoms with Crippen molar-refractivity contribution in [2.75, 3.05) is 13.1 Å². The molecule has 0 bridgehead atoms. The van der Waals surface area contributed by atoms with Gasteiger partial charge >= 0.3 is 5.97 Å². The fraction of sp³-hybridized carbons (Fsp3) is 0.318. The molecule has 2 aromatic carbocycles. The molecule has 3 rings (SSSR count). The number of phenols is 1. The van der Waals surface area contributed by atoms with Gasteiger partial charge in [0.05, 0.1) is 12.0 Å². The van der Waals surface area contributed by atoms with E-state index >= 15 is 0 Å². The predicted octanol–water partition coefficient (Wildman–Crippen LogP) is 3.04. The zero-order chi connectivity index (χ0) is 20.8. The standard InChI is InChI=1S/C22H23NO6/c24-13-17-19(25)8-5-9-20(17)29-14-18-15(12-21(26)27)6-4-7-16(18)22(28)23-10-2-1-3-11-23/h4-9,13,25H,1-3,10-12,14H2,(H,26,27). The van der Waals surface area contributed by atoms with Crippen LogP contribution >= 0.6 is 0 Å². The first kappa shape index (κ1) is 20.4. The minimum atomic E-state index is -1.01. The Kier molecular flexibility index (Phi) is 6.49. The molecule has 0 aliphatic carbocycles. The number of nitrogens with zero attached hydrogens (tertiary/aromatic N) is 1. The number of phenolic OH excluding ortho intramolecular Hbond substituents is 1. The monoisotopic (exact) mass is 397 g/mol. The van der Waals surface area contributed by atoms with Crippen molar-refractivity contribution in [3.8, 4) is 11.5 Å². The maximum Gasteiger partial charge on any atom is 0.307 e. The Balaban J connectivity index is 1.94. The molecule has 0 unspecified atom stereocenters. The zero-order valence-electron chi connectivity index (χ0n) is 16.0. The highest BCUT2D eigenvalue weighted by Crippen LogP contribution is 2.28. The number of piperidine rings is 1. The van der Waals surface area contributed by atoms with E-state index in [1.807, 2.05) is 0 Å². The van der Waals surface area contributed by atoms with Crippen molar-refractivity contribution in [3.05, 3.63) is 58.7 Å². The highest BCUT2D eigenvalue weighted by atomic mass is 16.5. The van der Waals surface area contributed by atoms with Gasteiger partial charge in [-0.15, -0.1) is 0 Å². The van der Waals surface area contributed by atoms with Gasteiger partial charge in [-0.3, -0.25) is 14.4 Å². The quantitative estimate of drug-likeness (QED) is 0.696. The zero-order valence-corrected chi connectivity index (χ0v) is 16.0. The second-order valence-electron chi connectivity index (χ2n) is 6.96. The molecule has 2 N–H and O–H groups in total. The Bertz CT molecular complexity index is 918. The van der Waals surface area contributed by atoms with Crippen LogP contribution in [0.15, 0.2) is 36.4 Å². The second kappa shape index (κ2) is 9.23. The van der Waals surface area contributed by atoms with Crippen LogP contribution in [0, 0.1) is 0 Å². The van der Waals surface area contributed by atoms with Gasteiger partial charge in [0, 0.05) is 24.2 Å². The van der Waals surface area contributed by atoms with Crippen LogP contribution in [-0.2, 0) is 17.8 Å². The molecular formula is C22H23NO6. The molecule has 0 saturated carbocycles. The van der Waals surface area contributed by atoms with E-state index in [0.717, 1.165) is 19.3 Å². The fourth-order valence-corrected chi connectivity index (χ4v) is 3.53. The molecule has 1 saturated heterocycles. The summed E-state index contributed by atoms with van der Waals surface area (Å²) >= 11 is 0. The number of carboxylic acid groups (broad SMARTS) is 1. The van der Waals surface area contributed by atoms with E-state index in [4.69, 9.17) is 4.74 Å². The summed E-state index contributed by atoms with van der Waals surface area (Å²) in [7, 11) is 0. The molecule has 29 heavy (non-hydrogen) atoms. The maximum absolute atomic E-state index is 13.1. The maximum atomic E-state index is 13.1. The Morgan fingerprint density at radius 1 is 1.07 bits per heavy atom. The van der Waals surface area contributed by atoms with E-state index in [2.05, 4.69) is 0 Å². The third-order valence-electron chi connectivity index (χ3n) is 5.02. The second-order valence-corrected chi connectivity index (χ2v) is 6.96. The summed E-state index contributed by atoms with van der Waals surface area (Å²) in [6.45, 7) is 1.25. The van der Waals surface area contributed by atoms with E-state index in [9.17, 15) is 24.6 Å². The van der Waals surface area contributed by atoms with Gasteiger partial charge in [0.25, 0.3) is 5.91 Å². The molecule has 1 heterocycles. The molecule has 152 valence electrons. The molecule has 0 atom stereocenters. The fourth-order valence-electron chi connectivity index (χ4n) is 3.53. The number of aliphatic carboxylic acids is 1. The third-order valence-corrected chi connectivity index (χ3v) is 5.02. The molecule has 0 spiro atoms. The number of aldehydes is 1. The van der Waals surface area contributed by atoms with E-state index in [0.29, 0.717) is 36.1 Å². The van der Waals surface area contributed by atoms with Gasteiger partial charge in [-0.2, -0.15) is 0 Å². The minimum absolute atomic E-state index is 0.00660. The first-order chi connectivity index (χ1) is 14.0. The van der Waals surface area contributed by atoms with Crippen LogP contribution in [0.4, 0.5) is 0 Å². The molecular weight excluding hydrogens is 374 g/mol. The molecule has 7 nitrogen and oxygen atoms in total. The van der Waals surface area contributed by atoms with Gasteiger partial charge in [0.15, 0.2) is 6.29 Å². The van der Waals surface area contributed by atoms with Crippen molar-refractivity contribution in [1.29, 1.82) is 0 Å².